The number of hydrogen-bond donors (Lipinski definition) is 1. The third kappa shape index (κ3) is 5.00. The number of rotatable bonds is 6. The molecule has 0 atom stereocenters. The Kier molecular flexibility index (Phi) is 6.86. The van der Waals surface area contributed by atoms with Crippen molar-refractivity contribution in [2.24, 2.45) is 0 Å². The fourth-order valence-electron chi connectivity index (χ4n) is 3.77. The van der Waals surface area contributed by atoms with E-state index in [4.69, 9.17) is 16.6 Å². The highest BCUT2D eigenvalue weighted by Gasteiger charge is 2.22. The number of aryl methyl sites for hydroxylation is 1. The van der Waals surface area contributed by atoms with E-state index in [1.165, 1.54) is 11.8 Å². The van der Waals surface area contributed by atoms with E-state index in [1.807, 2.05) is 31.2 Å². The Morgan fingerprint density at radius 2 is 1.75 bits per heavy atom. The van der Waals surface area contributed by atoms with Gasteiger partial charge in [0.05, 0.1) is 16.3 Å². The topological polar surface area (TPSA) is 69.6 Å². The molecule has 0 radical (unpaired) electrons. The first-order valence-corrected chi connectivity index (χ1v) is 11.8. The summed E-state index contributed by atoms with van der Waals surface area (Å²) in [6, 6.07) is 14.9. The van der Waals surface area contributed by atoms with Gasteiger partial charge in [0.25, 0.3) is 0 Å². The number of hydrogen-bond acceptors (Lipinski definition) is 6. The van der Waals surface area contributed by atoms with E-state index in [0.29, 0.717) is 16.5 Å². The van der Waals surface area contributed by atoms with Gasteiger partial charge in [0.2, 0.25) is 0 Å². The number of para-hydroxylation sites is 1. The number of halogens is 1. The van der Waals surface area contributed by atoms with Gasteiger partial charge in [-0.2, -0.15) is 0 Å². The van der Waals surface area contributed by atoms with Crippen molar-refractivity contribution < 1.29 is 9.90 Å². The minimum absolute atomic E-state index is 0.293. The van der Waals surface area contributed by atoms with Gasteiger partial charge in [-0.15, -0.1) is 0 Å². The maximum Gasteiger partial charge on any atom is 0.335 e. The molecule has 32 heavy (non-hydrogen) atoms. The minimum Gasteiger partial charge on any atom is -0.478 e. The van der Waals surface area contributed by atoms with E-state index in [-0.39, 0.29) is 0 Å². The van der Waals surface area contributed by atoms with Gasteiger partial charge in [-0.05, 0) is 43.7 Å². The third-order valence-electron chi connectivity index (χ3n) is 5.66. The summed E-state index contributed by atoms with van der Waals surface area (Å²) in [6.45, 7) is 7.53. The minimum atomic E-state index is -0.919. The Morgan fingerprint density at radius 1 is 1.03 bits per heavy atom. The van der Waals surface area contributed by atoms with Crippen LogP contribution in [0.3, 0.4) is 0 Å². The van der Waals surface area contributed by atoms with Crippen molar-refractivity contribution >= 4 is 40.8 Å². The lowest BCUT2D eigenvalue weighted by Crippen LogP contribution is -2.47. The zero-order chi connectivity index (χ0) is 22.7. The van der Waals surface area contributed by atoms with Crippen LogP contribution in [0.1, 0.15) is 27.2 Å². The molecule has 4 rings (SSSR count). The highest BCUT2D eigenvalue weighted by Crippen LogP contribution is 2.29. The third-order valence-corrected chi connectivity index (χ3v) is 6.90. The number of aromatic nitrogens is 2. The number of carboxylic acid groups (broad SMARTS) is 1. The zero-order valence-electron chi connectivity index (χ0n) is 18.1. The van der Waals surface area contributed by atoms with Crippen LogP contribution in [0, 0.1) is 13.8 Å². The van der Waals surface area contributed by atoms with Gasteiger partial charge in [0.1, 0.15) is 5.82 Å². The van der Waals surface area contributed by atoms with Crippen LogP contribution in [-0.4, -0.2) is 47.2 Å². The molecule has 3 aromatic rings. The number of anilines is 2. The van der Waals surface area contributed by atoms with E-state index >= 15 is 0 Å². The van der Waals surface area contributed by atoms with Gasteiger partial charge in [0, 0.05) is 43.2 Å². The van der Waals surface area contributed by atoms with Crippen molar-refractivity contribution in [3.8, 4) is 0 Å². The molecule has 1 aromatic heterocycles. The molecule has 2 heterocycles. The molecule has 0 spiro atoms. The number of piperazine rings is 1. The first-order valence-electron chi connectivity index (χ1n) is 10.5. The first-order chi connectivity index (χ1) is 15.4. The fourth-order valence-corrected chi connectivity index (χ4v) is 4.85. The Hall–Kier alpha value is -2.77. The lowest BCUT2D eigenvalue weighted by atomic mass is 10.1. The molecule has 1 aliphatic heterocycles. The molecule has 166 valence electrons. The van der Waals surface area contributed by atoms with Crippen LogP contribution >= 0.6 is 23.4 Å². The van der Waals surface area contributed by atoms with Gasteiger partial charge < -0.3 is 14.9 Å². The number of nitrogens with zero attached hydrogens (tertiary/aromatic N) is 4. The van der Waals surface area contributed by atoms with Crippen molar-refractivity contribution in [3.05, 3.63) is 75.9 Å². The van der Waals surface area contributed by atoms with Crippen LogP contribution in [0.2, 0.25) is 5.02 Å². The van der Waals surface area contributed by atoms with Crippen LogP contribution in [0.4, 0.5) is 11.5 Å². The van der Waals surface area contributed by atoms with Gasteiger partial charge in [-0.1, -0.05) is 47.6 Å². The zero-order valence-corrected chi connectivity index (χ0v) is 19.7. The Balaban J connectivity index is 1.46. The summed E-state index contributed by atoms with van der Waals surface area (Å²) in [5, 5.41) is 10.7. The summed E-state index contributed by atoms with van der Waals surface area (Å²) in [5.74, 6) is 0.666. The second-order valence-corrected chi connectivity index (χ2v) is 9.11. The standard InChI is InChI=1S/C24H25ClN4O2S/c1-16-17(2)26-24(32-15-18-6-5-7-19(14-18)23(30)31)27-22(16)29-12-10-28(11-13-29)21-9-4-3-8-20(21)25/h3-9,14H,10-13,15H2,1-2H3,(H,30,31). The predicted octanol–water partition coefficient (Wildman–Crippen LogP) is 5.06. The molecular weight excluding hydrogens is 444 g/mol. The molecule has 0 bridgehead atoms. The molecule has 1 aliphatic rings. The van der Waals surface area contributed by atoms with Crippen LogP contribution < -0.4 is 9.80 Å². The molecule has 1 fully saturated rings. The lowest BCUT2D eigenvalue weighted by Gasteiger charge is -2.37. The van der Waals surface area contributed by atoms with E-state index in [2.05, 4.69) is 27.8 Å². The molecule has 2 aromatic carbocycles. The van der Waals surface area contributed by atoms with Crippen molar-refractivity contribution in [1.29, 1.82) is 0 Å². The molecule has 0 saturated carbocycles. The molecule has 0 unspecified atom stereocenters. The maximum atomic E-state index is 11.2. The summed E-state index contributed by atoms with van der Waals surface area (Å²) in [5.41, 5.74) is 4.36. The summed E-state index contributed by atoms with van der Waals surface area (Å²) in [6.07, 6.45) is 0. The number of carboxylic acids is 1. The molecule has 0 amide bonds. The Labute approximate surface area is 197 Å². The van der Waals surface area contributed by atoms with Crippen molar-refractivity contribution in [2.45, 2.75) is 24.8 Å². The van der Waals surface area contributed by atoms with E-state index in [1.54, 1.807) is 18.2 Å². The van der Waals surface area contributed by atoms with Crippen molar-refractivity contribution in [1.82, 2.24) is 9.97 Å². The molecule has 1 saturated heterocycles. The van der Waals surface area contributed by atoms with Crippen molar-refractivity contribution in [2.75, 3.05) is 36.0 Å². The number of thioether (sulfide) groups is 1. The highest BCUT2D eigenvalue weighted by atomic mass is 35.5. The Bertz CT molecular complexity index is 1130. The number of carbonyl (C=O) groups is 1. The van der Waals surface area contributed by atoms with Gasteiger partial charge in [-0.3, -0.25) is 0 Å². The lowest BCUT2D eigenvalue weighted by molar-refractivity contribution is 0.0696. The predicted molar refractivity (Wildman–Crippen MR) is 130 cm³/mol. The molecular formula is C24H25ClN4O2S. The number of aromatic carboxylic acids is 1. The van der Waals surface area contributed by atoms with E-state index in [9.17, 15) is 9.90 Å². The second-order valence-electron chi connectivity index (χ2n) is 7.76. The monoisotopic (exact) mass is 468 g/mol. The fraction of sp³-hybridized carbons (Fsp3) is 0.292. The highest BCUT2D eigenvalue weighted by molar-refractivity contribution is 7.98. The van der Waals surface area contributed by atoms with E-state index in [0.717, 1.165) is 59.5 Å². The number of benzene rings is 2. The summed E-state index contributed by atoms with van der Waals surface area (Å²) in [7, 11) is 0. The average Bonchev–Trinajstić information content (AvgIpc) is 2.80. The largest absolute Gasteiger partial charge is 0.478 e. The van der Waals surface area contributed by atoms with Gasteiger partial charge in [0.15, 0.2) is 5.16 Å². The first kappa shape index (κ1) is 22.4. The smallest absolute Gasteiger partial charge is 0.335 e. The van der Waals surface area contributed by atoms with Crippen molar-refractivity contribution in [3.63, 3.8) is 0 Å². The van der Waals surface area contributed by atoms with Crippen LogP contribution in [0.5, 0.6) is 0 Å². The second kappa shape index (κ2) is 9.79. The van der Waals surface area contributed by atoms with Gasteiger partial charge >= 0.3 is 5.97 Å². The SMILES string of the molecule is Cc1nc(SCc2cccc(C(=O)O)c2)nc(N2CCN(c3ccccc3Cl)CC2)c1C. The summed E-state index contributed by atoms with van der Waals surface area (Å²) in [4.78, 5) is 25.4. The van der Waals surface area contributed by atoms with Crippen LogP contribution in [0.25, 0.3) is 0 Å². The summed E-state index contributed by atoms with van der Waals surface area (Å²) >= 11 is 7.90. The van der Waals surface area contributed by atoms with E-state index < -0.39 is 5.97 Å². The molecule has 0 aliphatic carbocycles. The molecule has 6 nitrogen and oxygen atoms in total. The normalized spacial score (nSPS) is 14.0. The maximum absolute atomic E-state index is 11.2. The molecule has 1 N–H and O–H groups in total. The quantitative estimate of drug-likeness (QED) is 0.400. The van der Waals surface area contributed by atoms with Crippen LogP contribution in [0.15, 0.2) is 53.7 Å². The summed E-state index contributed by atoms with van der Waals surface area (Å²) < 4.78 is 0. The van der Waals surface area contributed by atoms with Gasteiger partial charge in [-0.25, -0.2) is 14.8 Å². The molecule has 8 heteroatoms. The Morgan fingerprint density at radius 3 is 2.47 bits per heavy atom. The van der Waals surface area contributed by atoms with Crippen LogP contribution in [-0.2, 0) is 5.75 Å². The average molecular weight is 469 g/mol.